The third-order valence-electron chi connectivity index (χ3n) is 3.00. The van der Waals surface area contributed by atoms with E-state index in [2.05, 4.69) is 21.9 Å². The van der Waals surface area contributed by atoms with Gasteiger partial charge in [0.2, 0.25) is 0 Å². The number of aryl methyl sites for hydroxylation is 1. The largest absolute Gasteiger partial charge is 0.496 e. The minimum atomic E-state index is -0.387. The molecule has 2 rings (SSSR count). The second kappa shape index (κ2) is 6.74. The minimum Gasteiger partial charge on any atom is -0.496 e. The number of halogens is 1. The Morgan fingerprint density at radius 3 is 2.95 bits per heavy atom. The molecule has 1 atom stereocenters. The van der Waals surface area contributed by atoms with E-state index < -0.39 is 0 Å². The van der Waals surface area contributed by atoms with E-state index in [4.69, 9.17) is 10.6 Å². The van der Waals surface area contributed by atoms with Crippen molar-refractivity contribution in [3.63, 3.8) is 0 Å². The van der Waals surface area contributed by atoms with E-state index in [1.807, 2.05) is 0 Å². The molecule has 20 heavy (non-hydrogen) atoms. The highest BCUT2D eigenvalue weighted by Crippen LogP contribution is 2.33. The Hall–Kier alpha value is -1.57. The first-order chi connectivity index (χ1) is 9.71. The van der Waals surface area contributed by atoms with Crippen molar-refractivity contribution in [3.8, 4) is 5.75 Å². The standard InChI is InChI=1S/C13H17FN4OS/c1-3-4-10-13(20-18-17-10)12(16-15)9-7-8(14)5-6-11(9)19-2/h5-7,12,16H,3-4,15H2,1-2H3. The minimum absolute atomic E-state index is 0.337. The summed E-state index contributed by atoms with van der Waals surface area (Å²) in [6, 6.07) is 3.97. The van der Waals surface area contributed by atoms with E-state index in [1.54, 1.807) is 13.2 Å². The molecule has 0 amide bonds. The van der Waals surface area contributed by atoms with Crippen LogP contribution in [0.5, 0.6) is 5.75 Å². The van der Waals surface area contributed by atoms with Crippen molar-refractivity contribution < 1.29 is 9.13 Å². The number of ether oxygens (including phenoxy) is 1. The molecular weight excluding hydrogens is 279 g/mol. The molecule has 7 heteroatoms. The topological polar surface area (TPSA) is 73.1 Å². The van der Waals surface area contributed by atoms with Crippen LogP contribution in [0.3, 0.4) is 0 Å². The summed E-state index contributed by atoms with van der Waals surface area (Å²) >= 11 is 1.26. The number of nitrogens with one attached hydrogen (secondary N) is 1. The van der Waals surface area contributed by atoms with Gasteiger partial charge in [0.1, 0.15) is 11.6 Å². The third-order valence-corrected chi connectivity index (χ3v) is 3.83. The predicted molar refractivity (Wildman–Crippen MR) is 76.0 cm³/mol. The van der Waals surface area contributed by atoms with Gasteiger partial charge in [-0.1, -0.05) is 17.8 Å². The molecule has 0 saturated heterocycles. The van der Waals surface area contributed by atoms with Crippen LogP contribution in [0, 0.1) is 5.82 Å². The average Bonchev–Trinajstić information content (AvgIpc) is 2.89. The van der Waals surface area contributed by atoms with Gasteiger partial charge in [-0.2, -0.15) is 0 Å². The number of methoxy groups -OCH3 is 1. The first-order valence-corrected chi connectivity index (χ1v) is 7.09. The molecule has 0 aliphatic rings. The van der Waals surface area contributed by atoms with Crippen molar-refractivity contribution >= 4 is 11.5 Å². The molecule has 0 spiro atoms. The molecule has 0 aliphatic carbocycles. The van der Waals surface area contributed by atoms with E-state index in [1.165, 1.54) is 23.7 Å². The number of nitrogens with zero attached hydrogens (tertiary/aromatic N) is 2. The molecule has 108 valence electrons. The lowest BCUT2D eigenvalue weighted by Gasteiger charge is -2.18. The van der Waals surface area contributed by atoms with Crippen LogP contribution < -0.4 is 16.0 Å². The zero-order chi connectivity index (χ0) is 14.5. The molecule has 0 bridgehead atoms. The van der Waals surface area contributed by atoms with E-state index in [0.717, 1.165) is 23.4 Å². The zero-order valence-corrected chi connectivity index (χ0v) is 12.2. The Morgan fingerprint density at radius 1 is 1.50 bits per heavy atom. The Bertz CT molecular complexity index is 575. The highest BCUT2D eigenvalue weighted by Gasteiger charge is 2.23. The molecule has 2 aromatic rings. The number of nitrogens with two attached hydrogens (primary N) is 1. The number of rotatable bonds is 6. The molecule has 0 saturated carbocycles. The summed E-state index contributed by atoms with van der Waals surface area (Å²) in [6.07, 6.45) is 1.76. The van der Waals surface area contributed by atoms with Crippen molar-refractivity contribution in [2.45, 2.75) is 25.8 Å². The quantitative estimate of drug-likeness (QED) is 0.631. The van der Waals surface area contributed by atoms with Crippen molar-refractivity contribution in [1.29, 1.82) is 0 Å². The van der Waals surface area contributed by atoms with Crippen LogP contribution in [0.1, 0.15) is 35.5 Å². The highest BCUT2D eigenvalue weighted by molar-refractivity contribution is 7.05. The fourth-order valence-corrected chi connectivity index (χ4v) is 2.86. The van der Waals surface area contributed by atoms with Gasteiger partial charge >= 0.3 is 0 Å². The van der Waals surface area contributed by atoms with Crippen LogP contribution in [0.15, 0.2) is 18.2 Å². The maximum absolute atomic E-state index is 13.5. The second-order valence-electron chi connectivity index (χ2n) is 4.32. The predicted octanol–water partition coefficient (Wildman–Crippen LogP) is 2.19. The molecule has 0 fully saturated rings. The normalized spacial score (nSPS) is 12.4. The molecule has 0 radical (unpaired) electrons. The summed E-state index contributed by atoms with van der Waals surface area (Å²) in [4.78, 5) is 0.887. The number of benzene rings is 1. The monoisotopic (exact) mass is 296 g/mol. The maximum atomic E-state index is 13.5. The second-order valence-corrected chi connectivity index (χ2v) is 5.11. The number of hydrogen-bond acceptors (Lipinski definition) is 6. The van der Waals surface area contributed by atoms with Crippen LogP contribution in [-0.4, -0.2) is 16.7 Å². The fraction of sp³-hybridized carbons (Fsp3) is 0.385. The summed E-state index contributed by atoms with van der Waals surface area (Å²) in [5.41, 5.74) is 4.22. The van der Waals surface area contributed by atoms with Crippen LogP contribution in [0.25, 0.3) is 0 Å². The van der Waals surface area contributed by atoms with Gasteiger partial charge < -0.3 is 4.74 Å². The van der Waals surface area contributed by atoms with Gasteiger partial charge in [-0.15, -0.1) is 5.10 Å². The Morgan fingerprint density at radius 2 is 2.30 bits per heavy atom. The third kappa shape index (κ3) is 2.95. The Labute approximate surface area is 121 Å². The summed E-state index contributed by atoms with van der Waals surface area (Å²) in [5.74, 6) is 5.89. The van der Waals surface area contributed by atoms with Gasteiger partial charge in [-0.25, -0.2) is 9.82 Å². The van der Waals surface area contributed by atoms with Crippen LogP contribution in [0.2, 0.25) is 0 Å². The molecule has 1 heterocycles. The lowest BCUT2D eigenvalue weighted by Crippen LogP contribution is -2.29. The van der Waals surface area contributed by atoms with Crippen LogP contribution >= 0.6 is 11.5 Å². The molecule has 1 aromatic carbocycles. The van der Waals surface area contributed by atoms with Gasteiger partial charge in [0.15, 0.2) is 0 Å². The molecular formula is C13H17FN4OS. The lowest BCUT2D eigenvalue weighted by molar-refractivity contribution is 0.403. The van der Waals surface area contributed by atoms with Gasteiger partial charge in [0.05, 0.1) is 23.7 Å². The van der Waals surface area contributed by atoms with E-state index in [0.29, 0.717) is 11.3 Å². The Kier molecular flexibility index (Phi) is 4.99. The smallest absolute Gasteiger partial charge is 0.124 e. The SMILES string of the molecule is CCCc1nnsc1C(NN)c1cc(F)ccc1OC. The summed E-state index contributed by atoms with van der Waals surface area (Å²) < 4.78 is 22.8. The molecule has 5 nitrogen and oxygen atoms in total. The van der Waals surface area contributed by atoms with Crippen molar-refractivity contribution in [2.75, 3.05) is 7.11 Å². The molecule has 0 aliphatic heterocycles. The van der Waals surface area contributed by atoms with E-state index in [-0.39, 0.29) is 11.9 Å². The maximum Gasteiger partial charge on any atom is 0.124 e. The van der Waals surface area contributed by atoms with Gasteiger partial charge in [-0.3, -0.25) is 5.84 Å². The fourth-order valence-electron chi connectivity index (χ4n) is 2.08. The molecule has 1 unspecified atom stereocenters. The summed E-state index contributed by atoms with van der Waals surface area (Å²) in [6.45, 7) is 2.07. The highest BCUT2D eigenvalue weighted by atomic mass is 32.1. The number of aromatic nitrogens is 2. The molecule has 1 aromatic heterocycles. The summed E-state index contributed by atoms with van der Waals surface area (Å²) in [5, 5.41) is 4.12. The van der Waals surface area contributed by atoms with Crippen molar-refractivity contribution in [2.24, 2.45) is 5.84 Å². The molecule has 3 N–H and O–H groups in total. The average molecular weight is 296 g/mol. The van der Waals surface area contributed by atoms with Crippen LogP contribution in [0.4, 0.5) is 4.39 Å². The summed E-state index contributed by atoms with van der Waals surface area (Å²) in [7, 11) is 1.54. The van der Waals surface area contributed by atoms with Gasteiger partial charge in [-0.05, 0) is 36.2 Å². The van der Waals surface area contributed by atoms with Crippen molar-refractivity contribution in [1.82, 2.24) is 15.0 Å². The van der Waals surface area contributed by atoms with Gasteiger partial charge in [0.25, 0.3) is 0 Å². The van der Waals surface area contributed by atoms with Gasteiger partial charge in [0, 0.05) is 5.56 Å². The zero-order valence-electron chi connectivity index (χ0n) is 11.4. The van der Waals surface area contributed by atoms with Crippen LogP contribution in [-0.2, 0) is 6.42 Å². The first-order valence-electron chi connectivity index (χ1n) is 6.32. The van der Waals surface area contributed by atoms with Crippen molar-refractivity contribution in [3.05, 3.63) is 40.2 Å². The lowest BCUT2D eigenvalue weighted by atomic mass is 10.0. The number of hydrogen-bond donors (Lipinski definition) is 2. The van der Waals surface area contributed by atoms with E-state index >= 15 is 0 Å². The number of hydrazine groups is 1. The Balaban J connectivity index is 2.46. The van der Waals surface area contributed by atoms with E-state index in [9.17, 15) is 4.39 Å². The first kappa shape index (κ1) is 14.8.